The summed E-state index contributed by atoms with van der Waals surface area (Å²) >= 11 is 0. The van der Waals surface area contributed by atoms with Gasteiger partial charge in [0.1, 0.15) is 0 Å². The number of nitrogens with zero attached hydrogens (tertiary/aromatic N) is 3. The van der Waals surface area contributed by atoms with E-state index in [0.29, 0.717) is 13.1 Å². The molecule has 0 aliphatic heterocycles. The van der Waals surface area contributed by atoms with Crippen molar-refractivity contribution in [1.29, 1.82) is 0 Å². The van der Waals surface area contributed by atoms with Gasteiger partial charge in [0.05, 0.1) is 12.2 Å². The maximum absolute atomic E-state index is 11.7. The number of amides is 1. The normalized spacial score (nSPS) is 10.5. The Morgan fingerprint density at radius 3 is 2.67 bits per heavy atom. The molecule has 4 aromatic rings. The van der Waals surface area contributed by atoms with Crippen molar-refractivity contribution in [2.24, 2.45) is 0 Å². The van der Waals surface area contributed by atoms with E-state index < -0.39 is 0 Å². The number of aromatic nitrogens is 3. The molecule has 0 bridgehead atoms. The van der Waals surface area contributed by atoms with E-state index in [0.717, 1.165) is 33.5 Å². The second-order valence-electron chi connectivity index (χ2n) is 6.92. The minimum absolute atomic E-state index is 0.199. The lowest BCUT2D eigenvalue weighted by molar-refractivity contribution is -0.116. The smallest absolute Gasteiger partial charge is 0.243 e. The maximum Gasteiger partial charge on any atom is 0.243 e. The molecule has 4 rings (SSSR count). The molecule has 0 radical (unpaired) electrons. The van der Waals surface area contributed by atoms with Gasteiger partial charge < -0.3 is 5.32 Å². The number of rotatable bonds is 7. The molecule has 0 aliphatic rings. The lowest BCUT2D eigenvalue weighted by Crippen LogP contribution is -2.20. The Morgan fingerprint density at radius 2 is 1.90 bits per heavy atom. The first kappa shape index (κ1) is 19.3. The Balaban J connectivity index is 1.68. The summed E-state index contributed by atoms with van der Waals surface area (Å²) in [4.78, 5) is 15.8. The van der Waals surface area contributed by atoms with E-state index in [1.54, 1.807) is 6.20 Å². The average molecular weight is 394 g/mol. The fourth-order valence-electron chi connectivity index (χ4n) is 3.31. The number of hydrogen-bond acceptors (Lipinski definition) is 3. The molecule has 2 aromatic carbocycles. The van der Waals surface area contributed by atoms with Gasteiger partial charge in [0, 0.05) is 30.7 Å². The molecule has 5 nitrogen and oxygen atoms in total. The first-order valence-electron chi connectivity index (χ1n) is 9.74. The van der Waals surface area contributed by atoms with Gasteiger partial charge in [-0.3, -0.25) is 14.5 Å². The van der Waals surface area contributed by atoms with Crippen molar-refractivity contribution >= 4 is 5.91 Å². The molecule has 30 heavy (non-hydrogen) atoms. The summed E-state index contributed by atoms with van der Waals surface area (Å²) in [6.07, 6.45) is 6.84. The molecule has 0 atom stereocenters. The fraction of sp³-hybridized carbons (Fsp3) is 0.0800. The summed E-state index contributed by atoms with van der Waals surface area (Å²) in [6.45, 7) is 4.57. The van der Waals surface area contributed by atoms with Crippen LogP contribution in [0.4, 0.5) is 0 Å². The highest BCUT2D eigenvalue weighted by molar-refractivity contribution is 5.87. The molecular formula is C25H22N4O. The number of hydrogen-bond donors (Lipinski definition) is 1. The summed E-state index contributed by atoms with van der Waals surface area (Å²) in [5, 5.41) is 7.64. The minimum atomic E-state index is -0.199. The van der Waals surface area contributed by atoms with Crippen LogP contribution in [0.15, 0.2) is 98.0 Å². The fourth-order valence-corrected chi connectivity index (χ4v) is 3.31. The van der Waals surface area contributed by atoms with Crippen molar-refractivity contribution in [1.82, 2.24) is 20.1 Å². The van der Waals surface area contributed by atoms with E-state index in [4.69, 9.17) is 5.10 Å². The molecule has 5 heteroatoms. The van der Waals surface area contributed by atoms with E-state index in [2.05, 4.69) is 41.1 Å². The van der Waals surface area contributed by atoms with Gasteiger partial charge >= 0.3 is 0 Å². The highest BCUT2D eigenvalue weighted by Gasteiger charge is 2.12. The van der Waals surface area contributed by atoms with Gasteiger partial charge in [0.15, 0.2) is 0 Å². The zero-order chi connectivity index (χ0) is 20.8. The molecule has 2 heterocycles. The molecule has 1 amide bonds. The van der Waals surface area contributed by atoms with Gasteiger partial charge in [-0.1, -0.05) is 55.1 Å². The van der Waals surface area contributed by atoms with Crippen molar-refractivity contribution < 1.29 is 4.79 Å². The molecule has 0 unspecified atom stereocenters. The van der Waals surface area contributed by atoms with Crippen LogP contribution in [0.2, 0.25) is 0 Å². The van der Waals surface area contributed by atoms with Crippen LogP contribution >= 0.6 is 0 Å². The number of benzene rings is 2. The summed E-state index contributed by atoms with van der Waals surface area (Å²) in [5.41, 5.74) is 6.17. The lowest BCUT2D eigenvalue weighted by atomic mass is 9.97. The van der Waals surface area contributed by atoms with E-state index >= 15 is 0 Å². The van der Waals surface area contributed by atoms with Gasteiger partial charge in [0.2, 0.25) is 5.91 Å². The van der Waals surface area contributed by atoms with Crippen LogP contribution in [0, 0.1) is 0 Å². The number of nitrogens with one attached hydrogen (secondary N) is 1. The van der Waals surface area contributed by atoms with E-state index in [1.165, 1.54) is 6.08 Å². The lowest BCUT2D eigenvalue weighted by Gasteiger charge is -2.11. The van der Waals surface area contributed by atoms with Crippen molar-refractivity contribution in [2.45, 2.75) is 13.1 Å². The van der Waals surface area contributed by atoms with Gasteiger partial charge in [-0.15, -0.1) is 0 Å². The third-order valence-corrected chi connectivity index (χ3v) is 4.84. The van der Waals surface area contributed by atoms with E-state index in [-0.39, 0.29) is 5.91 Å². The molecule has 2 aromatic heterocycles. The summed E-state index contributed by atoms with van der Waals surface area (Å²) in [6, 6.07) is 22.4. The van der Waals surface area contributed by atoms with Crippen molar-refractivity contribution in [3.05, 3.63) is 109 Å². The predicted octanol–water partition coefficient (Wildman–Crippen LogP) is 4.46. The minimum Gasteiger partial charge on any atom is -0.348 e. The van der Waals surface area contributed by atoms with Gasteiger partial charge in [-0.25, -0.2) is 0 Å². The number of carbonyl (C=O) groups is 1. The van der Waals surface area contributed by atoms with Crippen molar-refractivity contribution in [2.75, 3.05) is 0 Å². The average Bonchev–Trinajstić information content (AvgIpc) is 3.27. The standard InChI is InChI=1S/C25H22N4O/c1-2-25(30)27-17-22-11-10-21(20-8-4-3-5-9-20)15-23(22)24-12-14-29(28-24)18-19-7-6-13-26-16-19/h2-16H,1,17-18H2,(H,27,30). The zero-order valence-corrected chi connectivity index (χ0v) is 16.5. The van der Waals surface area contributed by atoms with Crippen molar-refractivity contribution in [3.63, 3.8) is 0 Å². The molecule has 0 fully saturated rings. The van der Waals surface area contributed by atoms with E-state index in [9.17, 15) is 4.79 Å². The van der Waals surface area contributed by atoms with Crippen LogP contribution in [0.5, 0.6) is 0 Å². The van der Waals surface area contributed by atoms with Crippen LogP contribution in [0.3, 0.4) is 0 Å². The monoisotopic (exact) mass is 394 g/mol. The first-order chi connectivity index (χ1) is 14.7. The molecule has 0 aliphatic carbocycles. The predicted molar refractivity (Wildman–Crippen MR) is 118 cm³/mol. The van der Waals surface area contributed by atoms with E-state index in [1.807, 2.05) is 59.5 Å². The SMILES string of the molecule is C=CC(=O)NCc1ccc(-c2ccccc2)cc1-c1ccn(Cc2cccnc2)n1. The van der Waals surface area contributed by atoms with Crippen molar-refractivity contribution in [3.8, 4) is 22.4 Å². The molecular weight excluding hydrogens is 372 g/mol. The van der Waals surface area contributed by atoms with Crippen LogP contribution < -0.4 is 5.32 Å². The Kier molecular flexibility index (Phi) is 5.80. The van der Waals surface area contributed by atoms with Gasteiger partial charge in [-0.05, 0) is 46.5 Å². The van der Waals surface area contributed by atoms with Crippen LogP contribution in [0.1, 0.15) is 11.1 Å². The Hall–Kier alpha value is -3.99. The quantitative estimate of drug-likeness (QED) is 0.471. The zero-order valence-electron chi connectivity index (χ0n) is 16.5. The third-order valence-electron chi connectivity index (χ3n) is 4.84. The van der Waals surface area contributed by atoms with Gasteiger partial charge in [0.25, 0.3) is 0 Å². The Morgan fingerprint density at radius 1 is 1.03 bits per heavy atom. The molecule has 0 spiro atoms. The Bertz CT molecular complexity index is 1150. The first-order valence-corrected chi connectivity index (χ1v) is 9.74. The van der Waals surface area contributed by atoms with Crippen LogP contribution in [-0.4, -0.2) is 20.7 Å². The summed E-state index contributed by atoms with van der Waals surface area (Å²) in [5.74, 6) is -0.199. The Labute approximate surface area is 175 Å². The second-order valence-corrected chi connectivity index (χ2v) is 6.92. The number of pyridine rings is 1. The maximum atomic E-state index is 11.7. The highest BCUT2D eigenvalue weighted by Crippen LogP contribution is 2.29. The topological polar surface area (TPSA) is 59.8 Å². The molecule has 0 saturated carbocycles. The molecule has 1 N–H and O–H groups in total. The van der Waals surface area contributed by atoms with Crippen LogP contribution in [-0.2, 0) is 17.9 Å². The summed E-state index contributed by atoms with van der Waals surface area (Å²) < 4.78 is 1.90. The second kappa shape index (κ2) is 9.01. The largest absolute Gasteiger partial charge is 0.348 e. The number of carbonyl (C=O) groups excluding carboxylic acids is 1. The highest BCUT2D eigenvalue weighted by atomic mass is 16.1. The molecule has 148 valence electrons. The summed E-state index contributed by atoms with van der Waals surface area (Å²) in [7, 11) is 0. The van der Waals surface area contributed by atoms with Gasteiger partial charge in [-0.2, -0.15) is 5.10 Å². The third kappa shape index (κ3) is 4.52. The molecule has 0 saturated heterocycles. The van der Waals surface area contributed by atoms with Crippen LogP contribution in [0.25, 0.3) is 22.4 Å².